The molecule has 0 aliphatic carbocycles. The minimum absolute atomic E-state index is 0.0521. The average molecular weight is 420 g/mol. The number of amides is 1. The molecule has 0 aliphatic heterocycles. The molecule has 1 amide bonds. The van der Waals surface area contributed by atoms with E-state index < -0.39 is 15.9 Å². The molecule has 0 aliphatic rings. The van der Waals surface area contributed by atoms with Crippen molar-refractivity contribution < 1.29 is 17.6 Å². The van der Waals surface area contributed by atoms with Crippen LogP contribution in [0.25, 0.3) is 21.0 Å². The Morgan fingerprint density at radius 2 is 2.04 bits per heavy atom. The molecule has 0 bridgehead atoms. The van der Waals surface area contributed by atoms with Crippen LogP contribution in [0, 0.1) is 0 Å². The molecule has 4 rings (SSSR count). The van der Waals surface area contributed by atoms with Gasteiger partial charge in [0.1, 0.15) is 9.97 Å². The molecule has 0 fully saturated rings. The normalized spacial score (nSPS) is 11.7. The third-order valence-corrected chi connectivity index (χ3v) is 7.14. The first-order valence-corrected chi connectivity index (χ1v) is 11.0. The lowest BCUT2D eigenvalue weighted by Crippen LogP contribution is -2.22. The number of aromatic nitrogens is 1. The molecule has 3 heterocycles. The number of nitrogens with two attached hydrogens (primary N) is 1. The number of carbonyl (C=O) groups excluding carboxylic acids is 1. The van der Waals surface area contributed by atoms with Crippen LogP contribution in [-0.4, -0.2) is 19.3 Å². The number of fused-ring (bicyclic) bond motifs is 1. The Morgan fingerprint density at radius 3 is 2.78 bits per heavy atom. The van der Waals surface area contributed by atoms with Crippen molar-refractivity contribution in [2.75, 3.05) is 0 Å². The number of rotatable bonds is 5. The predicted octanol–water partition coefficient (Wildman–Crippen LogP) is 3.20. The number of thiophene rings is 1. The number of furan rings is 1. The maximum absolute atomic E-state index is 12.2. The standard InChI is InChI=1S/C17H13N3O4S3/c18-27(22,23)15-7-10(9-25-15)16(21)19-8-11-5-6-13(24-11)17-20-12-3-1-2-4-14(12)26-17/h1-7,9H,8H2,(H,19,21)(H2,18,22,23). The van der Waals surface area contributed by atoms with Crippen LogP contribution >= 0.6 is 22.7 Å². The number of benzene rings is 1. The van der Waals surface area contributed by atoms with Crippen LogP contribution in [0.3, 0.4) is 0 Å². The van der Waals surface area contributed by atoms with Crippen molar-refractivity contribution >= 4 is 48.8 Å². The van der Waals surface area contributed by atoms with Crippen LogP contribution < -0.4 is 10.5 Å². The summed E-state index contributed by atoms with van der Waals surface area (Å²) in [7, 11) is -3.81. The van der Waals surface area contributed by atoms with E-state index >= 15 is 0 Å². The van der Waals surface area contributed by atoms with Crippen molar-refractivity contribution in [2.24, 2.45) is 5.14 Å². The fourth-order valence-electron chi connectivity index (χ4n) is 2.42. The van der Waals surface area contributed by atoms with Gasteiger partial charge in [0.05, 0.1) is 22.3 Å². The van der Waals surface area contributed by atoms with Gasteiger partial charge in [0.15, 0.2) is 10.8 Å². The van der Waals surface area contributed by atoms with Gasteiger partial charge in [0, 0.05) is 5.38 Å². The highest BCUT2D eigenvalue weighted by molar-refractivity contribution is 7.91. The maximum Gasteiger partial charge on any atom is 0.252 e. The molecule has 0 radical (unpaired) electrons. The molecular formula is C17H13N3O4S3. The lowest BCUT2D eigenvalue weighted by Gasteiger charge is -2.00. The van der Waals surface area contributed by atoms with E-state index in [-0.39, 0.29) is 16.3 Å². The van der Waals surface area contributed by atoms with Gasteiger partial charge < -0.3 is 9.73 Å². The molecular weight excluding hydrogens is 406 g/mol. The van der Waals surface area contributed by atoms with Crippen molar-refractivity contribution in [1.29, 1.82) is 0 Å². The molecule has 138 valence electrons. The number of sulfonamides is 1. The zero-order valence-corrected chi connectivity index (χ0v) is 16.2. The number of hydrogen-bond donors (Lipinski definition) is 2. The van der Waals surface area contributed by atoms with E-state index in [1.165, 1.54) is 22.8 Å². The first-order chi connectivity index (χ1) is 12.9. The van der Waals surface area contributed by atoms with Gasteiger partial charge in [0.25, 0.3) is 5.91 Å². The molecule has 1 aromatic carbocycles. The van der Waals surface area contributed by atoms with Crippen LogP contribution in [0.15, 0.2) is 56.5 Å². The van der Waals surface area contributed by atoms with E-state index in [0.29, 0.717) is 11.5 Å². The quantitative estimate of drug-likeness (QED) is 0.515. The Bertz CT molecular complexity index is 1200. The summed E-state index contributed by atoms with van der Waals surface area (Å²) in [4.78, 5) is 16.7. The molecule has 27 heavy (non-hydrogen) atoms. The predicted molar refractivity (Wildman–Crippen MR) is 104 cm³/mol. The van der Waals surface area contributed by atoms with Crippen LogP contribution in [0.2, 0.25) is 0 Å². The second-order valence-corrected chi connectivity index (χ2v) is 9.36. The monoisotopic (exact) mass is 419 g/mol. The minimum atomic E-state index is -3.81. The maximum atomic E-state index is 12.2. The first-order valence-electron chi connectivity index (χ1n) is 7.74. The number of carbonyl (C=O) groups is 1. The van der Waals surface area contributed by atoms with Crippen LogP contribution in [-0.2, 0) is 16.6 Å². The summed E-state index contributed by atoms with van der Waals surface area (Å²) in [6.45, 7) is 0.171. The zero-order valence-electron chi connectivity index (χ0n) is 13.7. The van der Waals surface area contributed by atoms with Crippen LogP contribution in [0.1, 0.15) is 16.1 Å². The third-order valence-electron chi connectivity index (χ3n) is 3.71. The van der Waals surface area contributed by atoms with Crippen molar-refractivity contribution in [3.05, 3.63) is 59.2 Å². The van der Waals surface area contributed by atoms with Gasteiger partial charge in [-0.1, -0.05) is 12.1 Å². The van der Waals surface area contributed by atoms with Crippen molar-refractivity contribution in [3.8, 4) is 10.8 Å². The molecule has 0 unspecified atom stereocenters. The lowest BCUT2D eigenvalue weighted by atomic mass is 10.3. The third kappa shape index (κ3) is 3.78. The minimum Gasteiger partial charge on any atom is -0.457 e. The Morgan fingerprint density at radius 1 is 1.22 bits per heavy atom. The molecule has 0 saturated carbocycles. The van der Waals surface area contributed by atoms with E-state index in [4.69, 9.17) is 9.56 Å². The largest absolute Gasteiger partial charge is 0.457 e. The SMILES string of the molecule is NS(=O)(=O)c1cc(C(=O)NCc2ccc(-c3nc4ccccc4s3)o2)cs1. The van der Waals surface area contributed by atoms with Gasteiger partial charge in [-0.2, -0.15) is 0 Å². The number of thiazole rings is 1. The van der Waals surface area contributed by atoms with E-state index in [0.717, 1.165) is 26.6 Å². The Labute approximate surface area is 162 Å². The number of hydrogen-bond acceptors (Lipinski definition) is 7. The van der Waals surface area contributed by atoms with Gasteiger partial charge in [0.2, 0.25) is 10.0 Å². The lowest BCUT2D eigenvalue weighted by molar-refractivity contribution is 0.0948. The van der Waals surface area contributed by atoms with Gasteiger partial charge >= 0.3 is 0 Å². The number of nitrogens with zero attached hydrogens (tertiary/aromatic N) is 1. The highest BCUT2D eigenvalue weighted by Crippen LogP contribution is 2.31. The van der Waals surface area contributed by atoms with E-state index in [2.05, 4.69) is 10.3 Å². The van der Waals surface area contributed by atoms with Gasteiger partial charge in [-0.25, -0.2) is 18.5 Å². The van der Waals surface area contributed by atoms with E-state index in [9.17, 15) is 13.2 Å². The summed E-state index contributed by atoms with van der Waals surface area (Å²) in [6, 6.07) is 12.7. The van der Waals surface area contributed by atoms with Crippen LogP contribution in [0.5, 0.6) is 0 Å². The average Bonchev–Trinajstić information content (AvgIpc) is 3.37. The highest BCUT2D eigenvalue weighted by Gasteiger charge is 2.16. The van der Waals surface area contributed by atoms with Gasteiger partial charge in [-0.05, 0) is 30.3 Å². The van der Waals surface area contributed by atoms with Gasteiger partial charge in [-0.15, -0.1) is 22.7 Å². The summed E-state index contributed by atoms with van der Waals surface area (Å²) in [5.41, 5.74) is 1.15. The zero-order chi connectivity index (χ0) is 19.0. The molecule has 10 heteroatoms. The Balaban J connectivity index is 1.45. The summed E-state index contributed by atoms with van der Waals surface area (Å²) >= 11 is 2.44. The summed E-state index contributed by atoms with van der Waals surface area (Å²) in [6.07, 6.45) is 0. The van der Waals surface area contributed by atoms with Crippen molar-refractivity contribution in [2.45, 2.75) is 10.8 Å². The highest BCUT2D eigenvalue weighted by atomic mass is 32.2. The summed E-state index contributed by atoms with van der Waals surface area (Å²) in [5.74, 6) is 0.797. The van der Waals surface area contributed by atoms with Crippen LogP contribution in [0.4, 0.5) is 0 Å². The molecule has 3 N–H and O–H groups in total. The summed E-state index contributed by atoms with van der Waals surface area (Å²) in [5, 5.41) is 9.96. The second-order valence-electron chi connectivity index (χ2n) is 5.63. The Kier molecular flexibility index (Phi) is 4.56. The topological polar surface area (TPSA) is 115 Å². The molecule has 4 aromatic rings. The molecule has 0 spiro atoms. The molecule has 0 saturated heterocycles. The van der Waals surface area contributed by atoms with Gasteiger partial charge in [-0.3, -0.25) is 4.79 Å². The smallest absolute Gasteiger partial charge is 0.252 e. The Hall–Kier alpha value is -2.53. The van der Waals surface area contributed by atoms with E-state index in [1.807, 2.05) is 30.3 Å². The number of nitrogens with one attached hydrogen (secondary N) is 1. The number of primary sulfonamides is 1. The van der Waals surface area contributed by atoms with Crippen molar-refractivity contribution in [1.82, 2.24) is 10.3 Å². The molecule has 7 nitrogen and oxygen atoms in total. The first kappa shape index (κ1) is 17.9. The molecule has 3 aromatic heterocycles. The fraction of sp³-hybridized carbons (Fsp3) is 0.0588. The van der Waals surface area contributed by atoms with Crippen molar-refractivity contribution in [3.63, 3.8) is 0 Å². The summed E-state index contributed by atoms with van der Waals surface area (Å²) < 4.78 is 29.4. The number of para-hydroxylation sites is 1. The fourth-order valence-corrected chi connectivity index (χ4v) is 4.93. The second kappa shape index (κ2) is 6.89. The molecule has 0 atom stereocenters. The van der Waals surface area contributed by atoms with E-state index in [1.54, 1.807) is 6.07 Å².